The molecule has 0 saturated heterocycles. The van der Waals surface area contributed by atoms with Crippen molar-refractivity contribution in [2.45, 2.75) is 0 Å². The minimum absolute atomic E-state index is 0.105. The number of halogens is 3. The molecule has 1 aromatic heterocycles. The fraction of sp³-hybridized carbons (Fsp3) is 0. The van der Waals surface area contributed by atoms with Gasteiger partial charge in [-0.3, -0.25) is 0 Å². The highest BCUT2D eigenvalue weighted by molar-refractivity contribution is 9.10. The van der Waals surface area contributed by atoms with Crippen LogP contribution in [0, 0.1) is 0 Å². The molecule has 0 amide bonds. The second-order valence-electron chi connectivity index (χ2n) is 6.53. The Kier molecular flexibility index (Phi) is 6.51. The predicted molar refractivity (Wildman–Crippen MR) is 130 cm³/mol. The van der Waals surface area contributed by atoms with E-state index in [1.54, 1.807) is 6.07 Å². The van der Waals surface area contributed by atoms with Gasteiger partial charge in [0.05, 0.1) is 22.6 Å². The van der Waals surface area contributed by atoms with Crippen molar-refractivity contribution in [2.24, 2.45) is 5.10 Å². The molecule has 2 N–H and O–H groups in total. The summed E-state index contributed by atoms with van der Waals surface area (Å²) in [4.78, 5) is 9.16. The summed E-state index contributed by atoms with van der Waals surface area (Å²) in [7, 11) is 0. The average molecular weight is 514 g/mol. The van der Waals surface area contributed by atoms with E-state index in [1.807, 2.05) is 60.7 Å². The molecule has 0 aliphatic rings. The van der Waals surface area contributed by atoms with Crippen LogP contribution in [0.15, 0.2) is 82.4 Å². The summed E-state index contributed by atoms with van der Waals surface area (Å²) in [5, 5.41) is 14.8. The smallest absolute Gasteiger partial charge is 0.244 e. The minimum Gasteiger partial charge on any atom is -0.506 e. The minimum atomic E-state index is -0.105. The maximum Gasteiger partial charge on any atom is 0.244 e. The van der Waals surface area contributed by atoms with E-state index in [0.717, 1.165) is 27.0 Å². The summed E-state index contributed by atoms with van der Waals surface area (Å²) >= 11 is 15.4. The Labute approximate surface area is 197 Å². The third-order valence-corrected chi connectivity index (χ3v) is 5.40. The quantitative estimate of drug-likeness (QED) is 0.222. The van der Waals surface area contributed by atoms with Gasteiger partial charge in [0.15, 0.2) is 0 Å². The van der Waals surface area contributed by atoms with Gasteiger partial charge in [0.25, 0.3) is 0 Å². The molecule has 0 atom stereocenters. The number of hydrogen-bond donors (Lipinski definition) is 2. The van der Waals surface area contributed by atoms with E-state index in [0.29, 0.717) is 16.5 Å². The molecule has 31 heavy (non-hydrogen) atoms. The molecule has 3 aromatic carbocycles. The molecular formula is C23H15BrCl2N4O. The topological polar surface area (TPSA) is 70.4 Å². The van der Waals surface area contributed by atoms with Gasteiger partial charge in [0.1, 0.15) is 5.75 Å². The maximum absolute atomic E-state index is 10.1. The Hall–Kier alpha value is -2.93. The summed E-state index contributed by atoms with van der Waals surface area (Å²) in [5.74, 6) is 0.203. The molecule has 0 aliphatic heterocycles. The molecule has 4 aromatic rings. The highest BCUT2D eigenvalue weighted by Gasteiger charge is 2.09. The number of rotatable bonds is 5. The SMILES string of the molecule is Oc1c(Cl)cc(Cl)cc1/C=N/Nc1nc(-c2ccccc2)cc(-c2ccc(Br)cc2)n1. The summed E-state index contributed by atoms with van der Waals surface area (Å²) in [6.07, 6.45) is 1.41. The molecule has 1 heterocycles. The second kappa shape index (κ2) is 9.47. The van der Waals surface area contributed by atoms with Gasteiger partial charge in [-0.05, 0) is 30.3 Å². The molecule has 0 fully saturated rings. The monoisotopic (exact) mass is 512 g/mol. The summed E-state index contributed by atoms with van der Waals surface area (Å²) in [5.41, 5.74) is 6.59. The molecule has 0 radical (unpaired) electrons. The number of phenols is 1. The van der Waals surface area contributed by atoms with Gasteiger partial charge in [0, 0.05) is 26.2 Å². The van der Waals surface area contributed by atoms with Gasteiger partial charge in [-0.2, -0.15) is 5.10 Å². The fourth-order valence-corrected chi connectivity index (χ4v) is 3.64. The molecule has 0 saturated carbocycles. The van der Waals surface area contributed by atoms with Gasteiger partial charge in [-0.15, -0.1) is 0 Å². The van der Waals surface area contributed by atoms with Crippen LogP contribution in [0.3, 0.4) is 0 Å². The zero-order valence-corrected chi connectivity index (χ0v) is 19.0. The normalized spacial score (nSPS) is 11.1. The van der Waals surface area contributed by atoms with Crippen LogP contribution >= 0.6 is 39.1 Å². The molecule has 8 heteroatoms. The molecule has 0 aliphatic carbocycles. The number of phenolic OH excluding ortho intramolecular Hbond substituents is 1. The Balaban J connectivity index is 1.70. The van der Waals surface area contributed by atoms with Crippen molar-refractivity contribution in [1.29, 1.82) is 0 Å². The first kappa shape index (κ1) is 21.3. The van der Waals surface area contributed by atoms with Crippen molar-refractivity contribution in [3.63, 3.8) is 0 Å². The first-order chi connectivity index (χ1) is 15.0. The first-order valence-electron chi connectivity index (χ1n) is 9.17. The lowest BCUT2D eigenvalue weighted by molar-refractivity contribution is 0.475. The van der Waals surface area contributed by atoms with Crippen LogP contribution in [-0.2, 0) is 0 Å². The Morgan fingerprint density at radius 3 is 2.19 bits per heavy atom. The highest BCUT2D eigenvalue weighted by atomic mass is 79.9. The lowest BCUT2D eigenvalue weighted by Crippen LogP contribution is -2.00. The van der Waals surface area contributed by atoms with Crippen LogP contribution in [0.2, 0.25) is 10.0 Å². The van der Waals surface area contributed by atoms with E-state index in [-0.39, 0.29) is 10.8 Å². The van der Waals surface area contributed by atoms with Crippen molar-refractivity contribution < 1.29 is 5.11 Å². The average Bonchev–Trinajstić information content (AvgIpc) is 2.78. The van der Waals surface area contributed by atoms with Gasteiger partial charge in [-0.25, -0.2) is 15.4 Å². The Morgan fingerprint density at radius 2 is 1.52 bits per heavy atom. The summed E-state index contributed by atoms with van der Waals surface area (Å²) in [6.45, 7) is 0. The van der Waals surface area contributed by atoms with Gasteiger partial charge in [0.2, 0.25) is 5.95 Å². The molecule has 0 unspecified atom stereocenters. The molecule has 154 valence electrons. The maximum atomic E-state index is 10.1. The van der Waals surface area contributed by atoms with Crippen molar-refractivity contribution in [3.8, 4) is 28.3 Å². The van der Waals surface area contributed by atoms with E-state index < -0.39 is 0 Å². The molecule has 4 rings (SSSR count). The van der Waals surface area contributed by atoms with Crippen molar-refractivity contribution >= 4 is 51.3 Å². The van der Waals surface area contributed by atoms with Gasteiger partial charge < -0.3 is 5.11 Å². The van der Waals surface area contributed by atoms with Crippen LogP contribution in [0.5, 0.6) is 5.75 Å². The number of nitrogens with zero attached hydrogens (tertiary/aromatic N) is 3. The predicted octanol–water partition coefficient (Wildman–Crippen LogP) is 7.03. The molecule has 0 spiro atoms. The number of anilines is 1. The van der Waals surface area contributed by atoms with Gasteiger partial charge >= 0.3 is 0 Å². The van der Waals surface area contributed by atoms with E-state index in [1.165, 1.54) is 12.3 Å². The molecule has 5 nitrogen and oxygen atoms in total. The standard InChI is InChI=1S/C23H15BrCl2N4O/c24-17-8-6-15(7-9-17)21-12-20(14-4-2-1-3-5-14)28-23(29-21)30-27-13-16-10-18(25)11-19(26)22(16)31/h1-13,31H,(H,28,29,30)/b27-13+. The lowest BCUT2D eigenvalue weighted by atomic mass is 10.1. The van der Waals surface area contributed by atoms with E-state index in [2.05, 4.69) is 36.4 Å². The Bertz CT molecular complexity index is 1250. The van der Waals surface area contributed by atoms with Crippen LogP contribution in [0.25, 0.3) is 22.5 Å². The third kappa shape index (κ3) is 5.22. The summed E-state index contributed by atoms with van der Waals surface area (Å²) in [6, 6.07) is 22.6. The third-order valence-electron chi connectivity index (χ3n) is 4.36. The zero-order chi connectivity index (χ0) is 21.8. The number of nitrogens with one attached hydrogen (secondary N) is 1. The zero-order valence-electron chi connectivity index (χ0n) is 15.9. The number of benzene rings is 3. The van der Waals surface area contributed by atoms with E-state index in [4.69, 9.17) is 23.2 Å². The number of hydrazone groups is 1. The largest absolute Gasteiger partial charge is 0.506 e. The molecule has 0 bridgehead atoms. The number of aromatic hydroxyl groups is 1. The van der Waals surface area contributed by atoms with Crippen molar-refractivity contribution in [3.05, 3.63) is 92.9 Å². The Morgan fingerprint density at radius 1 is 0.871 bits per heavy atom. The fourth-order valence-electron chi connectivity index (χ4n) is 2.87. The number of hydrogen-bond acceptors (Lipinski definition) is 5. The van der Waals surface area contributed by atoms with Crippen LogP contribution in [0.1, 0.15) is 5.56 Å². The second-order valence-corrected chi connectivity index (χ2v) is 8.29. The molecular weight excluding hydrogens is 499 g/mol. The van der Waals surface area contributed by atoms with E-state index in [9.17, 15) is 5.11 Å². The van der Waals surface area contributed by atoms with Crippen molar-refractivity contribution in [1.82, 2.24) is 9.97 Å². The van der Waals surface area contributed by atoms with Crippen LogP contribution < -0.4 is 5.43 Å². The van der Waals surface area contributed by atoms with Gasteiger partial charge in [-0.1, -0.05) is 81.6 Å². The lowest BCUT2D eigenvalue weighted by Gasteiger charge is -2.09. The highest BCUT2D eigenvalue weighted by Crippen LogP contribution is 2.30. The van der Waals surface area contributed by atoms with E-state index >= 15 is 0 Å². The van der Waals surface area contributed by atoms with Crippen LogP contribution in [-0.4, -0.2) is 21.3 Å². The van der Waals surface area contributed by atoms with Crippen LogP contribution in [0.4, 0.5) is 5.95 Å². The first-order valence-corrected chi connectivity index (χ1v) is 10.7. The van der Waals surface area contributed by atoms with Crippen molar-refractivity contribution in [2.75, 3.05) is 5.43 Å². The number of aromatic nitrogens is 2. The summed E-state index contributed by atoms with van der Waals surface area (Å²) < 4.78 is 0.983.